The molecule has 32 heavy (non-hydrogen) atoms. The van der Waals surface area contributed by atoms with E-state index in [1.807, 2.05) is 26.0 Å². The molecule has 1 aromatic heterocycles. The lowest BCUT2D eigenvalue weighted by Gasteiger charge is -2.26. The summed E-state index contributed by atoms with van der Waals surface area (Å²) in [4.78, 5) is 32.3. The van der Waals surface area contributed by atoms with Gasteiger partial charge in [0.15, 0.2) is 0 Å². The van der Waals surface area contributed by atoms with Gasteiger partial charge in [0.05, 0.1) is 29.0 Å². The van der Waals surface area contributed by atoms with Crippen LogP contribution in [0, 0.1) is 13.8 Å². The number of aryl methyl sites for hydroxylation is 2. The van der Waals surface area contributed by atoms with Crippen molar-refractivity contribution in [1.82, 2.24) is 4.98 Å². The van der Waals surface area contributed by atoms with Crippen LogP contribution in [-0.2, 0) is 9.59 Å². The van der Waals surface area contributed by atoms with E-state index in [4.69, 9.17) is 16.3 Å². The van der Waals surface area contributed by atoms with E-state index in [-0.39, 0.29) is 27.7 Å². The summed E-state index contributed by atoms with van der Waals surface area (Å²) in [7, 11) is 1.43. The van der Waals surface area contributed by atoms with Crippen molar-refractivity contribution in [2.45, 2.75) is 19.9 Å². The minimum Gasteiger partial charge on any atom is -0.507 e. The van der Waals surface area contributed by atoms with Crippen LogP contribution in [0.5, 0.6) is 5.75 Å². The Hall–Kier alpha value is -3.64. The number of amides is 1. The highest BCUT2D eigenvalue weighted by atomic mass is 35.5. The summed E-state index contributed by atoms with van der Waals surface area (Å²) in [5, 5.41) is 11.6. The number of carbonyl (C=O) groups is 2. The minimum atomic E-state index is -0.915. The molecular weight excluding hydrogens is 428 g/mol. The van der Waals surface area contributed by atoms with Crippen LogP contribution in [-0.4, -0.2) is 28.9 Å². The molecule has 6 nitrogen and oxygen atoms in total. The van der Waals surface area contributed by atoms with Crippen LogP contribution in [0.1, 0.15) is 28.4 Å². The molecule has 0 bridgehead atoms. The fraction of sp³-hybridized carbons (Fsp3) is 0.160. The SMILES string of the molecule is COc1c(Cl)cc(C)cc1/C(O)=C1\C(=O)C(=O)N(c2ccccc2C)C1c1ccccn1. The van der Waals surface area contributed by atoms with Gasteiger partial charge in [0, 0.05) is 11.9 Å². The number of aliphatic hydroxyl groups is 1. The number of ether oxygens (including phenoxy) is 1. The summed E-state index contributed by atoms with van der Waals surface area (Å²) in [5.41, 5.74) is 2.76. The fourth-order valence-corrected chi connectivity index (χ4v) is 4.34. The number of ketones is 1. The molecule has 1 aliphatic heterocycles. The number of hydrogen-bond donors (Lipinski definition) is 1. The van der Waals surface area contributed by atoms with Crippen molar-refractivity contribution in [3.63, 3.8) is 0 Å². The molecule has 1 aliphatic rings. The van der Waals surface area contributed by atoms with Crippen molar-refractivity contribution < 1.29 is 19.4 Å². The predicted octanol–water partition coefficient (Wildman–Crippen LogP) is 4.99. The lowest BCUT2D eigenvalue weighted by Crippen LogP contribution is -2.30. The van der Waals surface area contributed by atoms with Gasteiger partial charge in [-0.15, -0.1) is 0 Å². The first-order chi connectivity index (χ1) is 15.3. The van der Waals surface area contributed by atoms with E-state index in [0.717, 1.165) is 11.1 Å². The molecule has 1 fully saturated rings. The largest absolute Gasteiger partial charge is 0.507 e. The predicted molar refractivity (Wildman–Crippen MR) is 123 cm³/mol. The van der Waals surface area contributed by atoms with E-state index in [0.29, 0.717) is 11.4 Å². The highest BCUT2D eigenvalue weighted by Crippen LogP contribution is 2.44. The van der Waals surface area contributed by atoms with Gasteiger partial charge in [-0.3, -0.25) is 19.5 Å². The molecule has 7 heteroatoms. The Balaban J connectivity index is 2.02. The lowest BCUT2D eigenvalue weighted by molar-refractivity contribution is -0.132. The Bertz CT molecular complexity index is 1250. The second-order valence-corrected chi connectivity index (χ2v) is 7.94. The maximum atomic E-state index is 13.3. The molecule has 0 spiro atoms. The van der Waals surface area contributed by atoms with Crippen molar-refractivity contribution in [3.05, 3.63) is 93.8 Å². The van der Waals surface area contributed by atoms with E-state index < -0.39 is 17.7 Å². The number of Topliss-reactive ketones (excluding diaryl/α,β-unsaturated/α-hetero) is 1. The van der Waals surface area contributed by atoms with Crippen LogP contribution >= 0.6 is 11.6 Å². The summed E-state index contributed by atoms with van der Waals surface area (Å²) in [6.07, 6.45) is 1.58. The monoisotopic (exact) mass is 448 g/mol. The lowest BCUT2D eigenvalue weighted by atomic mass is 9.96. The summed E-state index contributed by atoms with van der Waals surface area (Å²) >= 11 is 6.32. The molecule has 1 N–H and O–H groups in total. The standard InChI is InChI=1S/C25H21ClN2O4/c1-14-12-16(24(32-3)17(26)13-14)22(29)20-21(18-9-6-7-11-27-18)28(25(31)23(20)30)19-10-5-4-8-15(19)2/h4-13,21,29H,1-3H3/b22-20+. The molecule has 2 aromatic carbocycles. The summed E-state index contributed by atoms with van der Waals surface area (Å²) < 4.78 is 5.39. The van der Waals surface area contributed by atoms with E-state index in [2.05, 4.69) is 4.98 Å². The summed E-state index contributed by atoms with van der Waals surface area (Å²) in [5.74, 6) is -1.69. The van der Waals surface area contributed by atoms with Crippen molar-refractivity contribution in [1.29, 1.82) is 0 Å². The molecular formula is C25H21ClN2O4. The number of hydrogen-bond acceptors (Lipinski definition) is 5. The van der Waals surface area contributed by atoms with Crippen LogP contribution in [0.15, 0.2) is 66.4 Å². The first-order valence-electron chi connectivity index (χ1n) is 9.97. The number of aliphatic hydroxyl groups excluding tert-OH is 1. The van der Waals surface area contributed by atoms with Gasteiger partial charge in [0.2, 0.25) is 0 Å². The van der Waals surface area contributed by atoms with Crippen molar-refractivity contribution in [2.24, 2.45) is 0 Å². The number of halogens is 1. The van der Waals surface area contributed by atoms with Gasteiger partial charge in [-0.25, -0.2) is 0 Å². The van der Waals surface area contributed by atoms with E-state index in [1.165, 1.54) is 12.0 Å². The minimum absolute atomic E-state index is 0.0723. The van der Waals surface area contributed by atoms with E-state index in [1.54, 1.807) is 48.7 Å². The Labute approximate surface area is 190 Å². The first-order valence-corrected chi connectivity index (χ1v) is 10.3. The Kier molecular flexibility index (Phi) is 5.72. The van der Waals surface area contributed by atoms with Crippen molar-refractivity contribution >= 4 is 34.7 Å². The number of rotatable bonds is 4. The first kappa shape index (κ1) is 21.6. The molecule has 3 aromatic rings. The van der Waals surface area contributed by atoms with Gasteiger partial charge >= 0.3 is 0 Å². The van der Waals surface area contributed by atoms with Crippen LogP contribution in [0.4, 0.5) is 5.69 Å². The van der Waals surface area contributed by atoms with Crippen LogP contribution in [0.3, 0.4) is 0 Å². The third-order valence-electron chi connectivity index (χ3n) is 5.43. The van der Waals surface area contributed by atoms with Crippen molar-refractivity contribution in [2.75, 3.05) is 12.0 Å². The average molecular weight is 449 g/mol. The van der Waals surface area contributed by atoms with Gasteiger partial charge in [0.1, 0.15) is 17.6 Å². The molecule has 0 aliphatic carbocycles. The smallest absolute Gasteiger partial charge is 0.300 e. The Morgan fingerprint density at radius 1 is 1.09 bits per heavy atom. The number of methoxy groups -OCH3 is 1. The third-order valence-corrected chi connectivity index (χ3v) is 5.72. The summed E-state index contributed by atoms with van der Waals surface area (Å²) in [6.45, 7) is 3.66. The number of aromatic nitrogens is 1. The van der Waals surface area contributed by atoms with Crippen molar-refractivity contribution in [3.8, 4) is 5.75 Å². The van der Waals surface area contributed by atoms with Crippen LogP contribution in [0.25, 0.3) is 5.76 Å². The molecule has 162 valence electrons. The molecule has 1 unspecified atom stereocenters. The van der Waals surface area contributed by atoms with Gasteiger partial charge in [-0.1, -0.05) is 35.9 Å². The maximum Gasteiger partial charge on any atom is 0.300 e. The Morgan fingerprint density at radius 3 is 2.47 bits per heavy atom. The normalized spacial score (nSPS) is 17.6. The van der Waals surface area contributed by atoms with Gasteiger partial charge in [0.25, 0.3) is 11.7 Å². The number of carbonyl (C=O) groups excluding carboxylic acids is 2. The zero-order chi connectivity index (χ0) is 23.0. The molecule has 1 saturated heterocycles. The number of para-hydroxylation sites is 1. The highest BCUT2D eigenvalue weighted by Gasteiger charge is 2.48. The van der Waals surface area contributed by atoms with Crippen LogP contribution in [0.2, 0.25) is 5.02 Å². The Morgan fingerprint density at radius 2 is 1.81 bits per heavy atom. The molecule has 1 amide bonds. The average Bonchev–Trinajstić information content (AvgIpc) is 3.04. The number of anilines is 1. The molecule has 0 saturated carbocycles. The molecule has 4 rings (SSSR count). The van der Waals surface area contributed by atoms with Gasteiger partial charge in [-0.2, -0.15) is 0 Å². The highest BCUT2D eigenvalue weighted by molar-refractivity contribution is 6.51. The second-order valence-electron chi connectivity index (χ2n) is 7.54. The maximum absolute atomic E-state index is 13.3. The molecule has 0 radical (unpaired) electrons. The number of benzene rings is 2. The topological polar surface area (TPSA) is 79.7 Å². The van der Waals surface area contributed by atoms with Gasteiger partial charge < -0.3 is 9.84 Å². The zero-order valence-electron chi connectivity index (χ0n) is 17.8. The molecule has 1 atom stereocenters. The third kappa shape index (κ3) is 3.52. The summed E-state index contributed by atoms with van der Waals surface area (Å²) in [6, 6.07) is 14.9. The van der Waals surface area contributed by atoms with E-state index in [9.17, 15) is 14.7 Å². The fourth-order valence-electron chi connectivity index (χ4n) is 3.99. The quantitative estimate of drug-likeness (QED) is 0.345. The van der Waals surface area contributed by atoms with E-state index >= 15 is 0 Å². The zero-order valence-corrected chi connectivity index (χ0v) is 18.6. The van der Waals surface area contributed by atoms with Gasteiger partial charge in [-0.05, 0) is 55.3 Å². The van der Waals surface area contributed by atoms with Crippen LogP contribution < -0.4 is 9.64 Å². The number of pyridine rings is 1. The molecule has 2 heterocycles. The number of nitrogens with zero attached hydrogens (tertiary/aromatic N) is 2. The second kappa shape index (κ2) is 8.48.